The van der Waals surface area contributed by atoms with Crippen molar-refractivity contribution in [3.8, 4) is 5.75 Å². The molecule has 1 aromatic rings. The molecule has 0 amide bonds. The molecule has 1 heterocycles. The van der Waals surface area contributed by atoms with E-state index < -0.39 is 0 Å². The summed E-state index contributed by atoms with van der Waals surface area (Å²) in [6.07, 6.45) is 9.98. The summed E-state index contributed by atoms with van der Waals surface area (Å²) in [5, 5.41) is 0. The summed E-state index contributed by atoms with van der Waals surface area (Å²) in [5.41, 5.74) is 4.13. The zero-order chi connectivity index (χ0) is 13.7. The van der Waals surface area contributed by atoms with E-state index in [1.807, 2.05) is 12.3 Å². The first kappa shape index (κ1) is 14.3. The Hall–Kier alpha value is -1.13. The van der Waals surface area contributed by atoms with E-state index in [2.05, 4.69) is 17.3 Å². The largest absolute Gasteiger partial charge is 0.495 e. The number of rotatable bonds is 5. The minimum Gasteiger partial charge on any atom is -0.495 e. The topological polar surface area (TPSA) is 60.2 Å². The highest BCUT2D eigenvalue weighted by molar-refractivity contribution is 5.33. The van der Waals surface area contributed by atoms with Gasteiger partial charge in [-0.3, -0.25) is 16.3 Å². The zero-order valence-corrected chi connectivity index (χ0v) is 11.9. The van der Waals surface area contributed by atoms with E-state index in [0.717, 1.165) is 17.2 Å². The second-order valence-electron chi connectivity index (χ2n) is 5.46. The number of hydrogen-bond acceptors (Lipinski definition) is 4. The van der Waals surface area contributed by atoms with Gasteiger partial charge in [-0.15, -0.1) is 0 Å². The van der Waals surface area contributed by atoms with Gasteiger partial charge in [0.05, 0.1) is 19.3 Å². The van der Waals surface area contributed by atoms with Gasteiger partial charge in [0.1, 0.15) is 5.75 Å². The van der Waals surface area contributed by atoms with Crippen LogP contribution < -0.4 is 16.0 Å². The molecule has 0 aliphatic heterocycles. The van der Waals surface area contributed by atoms with Crippen LogP contribution in [0.3, 0.4) is 0 Å². The maximum Gasteiger partial charge on any atom is 0.141 e. The summed E-state index contributed by atoms with van der Waals surface area (Å²) < 4.78 is 5.41. The third kappa shape index (κ3) is 3.25. The van der Waals surface area contributed by atoms with Crippen LogP contribution in [-0.2, 0) is 0 Å². The van der Waals surface area contributed by atoms with Crippen molar-refractivity contribution < 1.29 is 4.74 Å². The van der Waals surface area contributed by atoms with Gasteiger partial charge in [0.25, 0.3) is 0 Å². The first-order valence-electron chi connectivity index (χ1n) is 7.24. The maximum absolute atomic E-state index is 5.82. The number of hydrogen-bond donors (Lipinski definition) is 2. The highest BCUT2D eigenvalue weighted by Gasteiger charge is 2.29. The van der Waals surface area contributed by atoms with Gasteiger partial charge in [0.15, 0.2) is 0 Å². The third-order valence-corrected chi connectivity index (χ3v) is 4.42. The maximum atomic E-state index is 5.82. The van der Waals surface area contributed by atoms with Crippen LogP contribution in [0.25, 0.3) is 0 Å². The van der Waals surface area contributed by atoms with Gasteiger partial charge in [-0.25, -0.2) is 0 Å². The summed E-state index contributed by atoms with van der Waals surface area (Å²) in [7, 11) is 1.68. The van der Waals surface area contributed by atoms with E-state index >= 15 is 0 Å². The van der Waals surface area contributed by atoms with Gasteiger partial charge >= 0.3 is 0 Å². The minimum atomic E-state index is 0.160. The molecule has 1 fully saturated rings. The second-order valence-corrected chi connectivity index (χ2v) is 5.46. The second kappa shape index (κ2) is 6.87. The van der Waals surface area contributed by atoms with Crippen molar-refractivity contribution in [2.24, 2.45) is 17.7 Å². The zero-order valence-electron chi connectivity index (χ0n) is 11.9. The molecular formula is C15H25N3O. The molecular weight excluding hydrogens is 238 g/mol. The molecule has 1 aliphatic rings. The Balaban J connectivity index is 2.19. The lowest BCUT2D eigenvalue weighted by molar-refractivity contribution is 0.207. The molecule has 0 bridgehead atoms. The summed E-state index contributed by atoms with van der Waals surface area (Å²) in [5.74, 6) is 8.06. The lowest BCUT2D eigenvalue weighted by Gasteiger charge is -2.34. The van der Waals surface area contributed by atoms with Crippen LogP contribution in [-0.4, -0.2) is 12.1 Å². The van der Waals surface area contributed by atoms with Gasteiger partial charge in [-0.05, 0) is 30.7 Å². The van der Waals surface area contributed by atoms with Crippen LogP contribution in [0.15, 0.2) is 18.5 Å². The lowest BCUT2D eigenvalue weighted by atomic mass is 9.75. The van der Waals surface area contributed by atoms with Crippen molar-refractivity contribution in [2.75, 3.05) is 7.11 Å². The highest BCUT2D eigenvalue weighted by Crippen LogP contribution is 2.40. The molecule has 0 radical (unpaired) electrons. The molecule has 1 aromatic heterocycles. The summed E-state index contributed by atoms with van der Waals surface area (Å²) in [6, 6.07) is 2.17. The smallest absolute Gasteiger partial charge is 0.141 e. The highest BCUT2D eigenvalue weighted by atomic mass is 16.5. The van der Waals surface area contributed by atoms with Crippen LogP contribution in [0.1, 0.15) is 50.6 Å². The Bertz CT molecular complexity index is 397. The number of pyridine rings is 1. The Morgan fingerprint density at radius 2 is 2.37 bits per heavy atom. The normalized spacial score (nSPS) is 25.0. The average molecular weight is 263 g/mol. The number of aromatic nitrogens is 1. The van der Waals surface area contributed by atoms with E-state index in [9.17, 15) is 0 Å². The number of methoxy groups -OCH3 is 1. The fraction of sp³-hybridized carbons (Fsp3) is 0.667. The van der Waals surface area contributed by atoms with Crippen LogP contribution in [0.4, 0.5) is 0 Å². The molecule has 2 rings (SSSR count). The van der Waals surface area contributed by atoms with Crippen molar-refractivity contribution in [1.82, 2.24) is 10.4 Å². The molecule has 3 N–H and O–H groups in total. The number of nitrogens with zero attached hydrogens (tertiary/aromatic N) is 1. The van der Waals surface area contributed by atoms with E-state index in [4.69, 9.17) is 10.6 Å². The van der Waals surface area contributed by atoms with E-state index in [-0.39, 0.29) is 6.04 Å². The quantitative estimate of drug-likeness (QED) is 0.633. The molecule has 0 aromatic carbocycles. The summed E-state index contributed by atoms with van der Waals surface area (Å²) >= 11 is 0. The van der Waals surface area contributed by atoms with Crippen molar-refractivity contribution in [2.45, 2.75) is 45.1 Å². The van der Waals surface area contributed by atoms with Crippen LogP contribution in [0.5, 0.6) is 5.75 Å². The number of hydrazine groups is 1. The predicted octanol–water partition coefficient (Wildman–Crippen LogP) is 2.81. The summed E-state index contributed by atoms with van der Waals surface area (Å²) in [6.45, 7) is 2.28. The Morgan fingerprint density at radius 1 is 1.53 bits per heavy atom. The molecule has 0 spiro atoms. The lowest BCUT2D eigenvalue weighted by Crippen LogP contribution is -2.36. The fourth-order valence-corrected chi connectivity index (χ4v) is 3.30. The predicted molar refractivity (Wildman–Crippen MR) is 76.6 cm³/mol. The molecule has 0 saturated heterocycles. The third-order valence-electron chi connectivity index (χ3n) is 4.42. The molecule has 106 valence electrons. The van der Waals surface area contributed by atoms with Gasteiger partial charge in [0, 0.05) is 11.8 Å². The SMILES string of the molecule is CCC1CCCC(C(NN)c2ccncc2OC)C1. The minimum absolute atomic E-state index is 0.160. The molecule has 19 heavy (non-hydrogen) atoms. The van der Waals surface area contributed by atoms with Gasteiger partial charge in [-0.2, -0.15) is 0 Å². The molecule has 4 heteroatoms. The van der Waals surface area contributed by atoms with Gasteiger partial charge in [0.2, 0.25) is 0 Å². The van der Waals surface area contributed by atoms with Crippen molar-refractivity contribution in [3.63, 3.8) is 0 Å². The number of nitrogens with one attached hydrogen (secondary N) is 1. The Morgan fingerprint density at radius 3 is 3.05 bits per heavy atom. The standard InChI is InChI=1S/C15H25N3O/c1-3-11-5-4-6-12(9-11)15(18-16)13-7-8-17-10-14(13)19-2/h7-8,10-12,15,18H,3-6,9,16H2,1-2H3. The van der Waals surface area contributed by atoms with Crippen molar-refractivity contribution in [1.29, 1.82) is 0 Å². The van der Waals surface area contributed by atoms with Crippen LogP contribution >= 0.6 is 0 Å². The molecule has 3 atom stereocenters. The van der Waals surface area contributed by atoms with E-state index in [0.29, 0.717) is 5.92 Å². The first-order valence-corrected chi connectivity index (χ1v) is 7.24. The van der Waals surface area contributed by atoms with Gasteiger partial charge < -0.3 is 4.74 Å². The molecule has 3 unspecified atom stereocenters. The molecule has 4 nitrogen and oxygen atoms in total. The number of nitrogens with two attached hydrogens (primary N) is 1. The van der Waals surface area contributed by atoms with E-state index in [1.165, 1.54) is 32.1 Å². The van der Waals surface area contributed by atoms with Gasteiger partial charge in [-0.1, -0.05) is 26.2 Å². The number of ether oxygens (including phenoxy) is 1. The van der Waals surface area contributed by atoms with E-state index in [1.54, 1.807) is 13.3 Å². The first-order chi connectivity index (χ1) is 9.30. The Kier molecular flexibility index (Phi) is 5.16. The monoisotopic (exact) mass is 263 g/mol. The average Bonchev–Trinajstić information content (AvgIpc) is 2.49. The van der Waals surface area contributed by atoms with Crippen molar-refractivity contribution in [3.05, 3.63) is 24.0 Å². The summed E-state index contributed by atoms with van der Waals surface area (Å²) in [4.78, 5) is 4.12. The van der Waals surface area contributed by atoms with Crippen molar-refractivity contribution >= 4 is 0 Å². The molecule has 1 saturated carbocycles. The van der Waals surface area contributed by atoms with Crippen LogP contribution in [0.2, 0.25) is 0 Å². The fourth-order valence-electron chi connectivity index (χ4n) is 3.30. The Labute approximate surface area is 115 Å². The molecule has 1 aliphatic carbocycles. The van der Waals surface area contributed by atoms with Crippen LogP contribution in [0, 0.1) is 11.8 Å².